The average molecular weight is 236 g/mol. The summed E-state index contributed by atoms with van der Waals surface area (Å²) in [5, 5.41) is 7.90. The standard InChI is InChI=1S/C11H19F3N2/c1-10(2,3)9(15)16-6-4-8(5-7-16)11(12,13)14/h8,15H,4-7H2,1-3H3. The molecule has 1 aliphatic heterocycles. The monoisotopic (exact) mass is 236 g/mol. The van der Waals surface area contributed by atoms with Gasteiger partial charge in [0.1, 0.15) is 5.84 Å². The van der Waals surface area contributed by atoms with E-state index < -0.39 is 12.1 Å². The number of nitrogens with zero attached hydrogens (tertiary/aromatic N) is 1. The number of hydrogen-bond acceptors (Lipinski definition) is 1. The minimum atomic E-state index is -4.07. The molecule has 1 aliphatic rings. The summed E-state index contributed by atoms with van der Waals surface area (Å²) in [6, 6.07) is 0. The van der Waals surface area contributed by atoms with Crippen LogP contribution < -0.4 is 0 Å². The quantitative estimate of drug-likeness (QED) is 0.507. The molecule has 0 amide bonds. The third kappa shape index (κ3) is 3.12. The lowest BCUT2D eigenvalue weighted by atomic mass is 9.90. The molecule has 0 atom stereocenters. The van der Waals surface area contributed by atoms with E-state index in [1.165, 1.54) is 0 Å². The SMILES string of the molecule is CC(C)(C)C(=N)N1CCC(C(F)(F)F)CC1. The van der Waals surface area contributed by atoms with E-state index >= 15 is 0 Å². The van der Waals surface area contributed by atoms with Crippen LogP contribution in [0.5, 0.6) is 0 Å². The first-order valence-corrected chi connectivity index (χ1v) is 5.53. The van der Waals surface area contributed by atoms with Crippen LogP contribution in [0.15, 0.2) is 0 Å². The smallest absolute Gasteiger partial charge is 0.360 e. The van der Waals surface area contributed by atoms with Crippen molar-refractivity contribution >= 4 is 5.84 Å². The van der Waals surface area contributed by atoms with Crippen LogP contribution in [0.1, 0.15) is 33.6 Å². The van der Waals surface area contributed by atoms with Crippen molar-refractivity contribution in [1.82, 2.24) is 4.90 Å². The second-order valence-corrected chi connectivity index (χ2v) is 5.40. The lowest BCUT2D eigenvalue weighted by Gasteiger charge is -2.38. The van der Waals surface area contributed by atoms with Gasteiger partial charge in [-0.15, -0.1) is 0 Å². The number of halogens is 3. The van der Waals surface area contributed by atoms with Crippen LogP contribution in [0, 0.1) is 16.7 Å². The molecule has 0 aromatic rings. The Balaban J connectivity index is 2.53. The van der Waals surface area contributed by atoms with E-state index in [-0.39, 0.29) is 18.3 Å². The van der Waals surface area contributed by atoms with E-state index in [1.807, 2.05) is 20.8 Å². The van der Waals surface area contributed by atoms with Crippen molar-refractivity contribution in [3.63, 3.8) is 0 Å². The second-order valence-electron chi connectivity index (χ2n) is 5.40. The van der Waals surface area contributed by atoms with E-state index in [0.717, 1.165) is 0 Å². The minimum Gasteiger partial charge on any atom is -0.360 e. The Bertz CT molecular complexity index is 257. The molecule has 1 saturated heterocycles. The van der Waals surface area contributed by atoms with Gasteiger partial charge in [-0.25, -0.2) is 0 Å². The van der Waals surface area contributed by atoms with Crippen LogP contribution in [0.25, 0.3) is 0 Å². The van der Waals surface area contributed by atoms with Gasteiger partial charge >= 0.3 is 6.18 Å². The molecule has 1 N–H and O–H groups in total. The molecule has 0 aromatic carbocycles. The van der Waals surface area contributed by atoms with E-state index in [9.17, 15) is 13.2 Å². The maximum Gasteiger partial charge on any atom is 0.391 e. The van der Waals surface area contributed by atoms with Gasteiger partial charge in [-0.3, -0.25) is 5.41 Å². The third-order valence-electron chi connectivity index (χ3n) is 2.98. The largest absolute Gasteiger partial charge is 0.391 e. The molecule has 0 aromatic heterocycles. The van der Waals surface area contributed by atoms with Gasteiger partial charge in [0.25, 0.3) is 0 Å². The molecule has 1 rings (SSSR count). The fourth-order valence-electron chi connectivity index (χ4n) is 1.90. The van der Waals surface area contributed by atoms with Gasteiger partial charge in [-0.05, 0) is 12.8 Å². The van der Waals surface area contributed by atoms with Crippen LogP contribution in [-0.2, 0) is 0 Å². The summed E-state index contributed by atoms with van der Waals surface area (Å²) in [7, 11) is 0. The first-order valence-electron chi connectivity index (χ1n) is 5.53. The van der Waals surface area contributed by atoms with Crippen LogP contribution in [0.2, 0.25) is 0 Å². The molecule has 0 radical (unpaired) electrons. The number of nitrogens with one attached hydrogen (secondary N) is 1. The van der Waals surface area contributed by atoms with E-state index in [4.69, 9.17) is 5.41 Å². The Kier molecular flexibility index (Phi) is 3.55. The number of piperidine rings is 1. The summed E-state index contributed by atoms with van der Waals surface area (Å²) in [5.74, 6) is -0.746. The predicted octanol–water partition coefficient (Wildman–Crippen LogP) is 3.28. The molecule has 1 fully saturated rings. The summed E-state index contributed by atoms with van der Waals surface area (Å²) in [5.41, 5.74) is -0.287. The van der Waals surface area contributed by atoms with Gasteiger partial charge in [-0.1, -0.05) is 20.8 Å². The maximum absolute atomic E-state index is 12.4. The minimum absolute atomic E-state index is 0.113. The van der Waals surface area contributed by atoms with Crippen molar-refractivity contribution in [2.45, 2.75) is 39.8 Å². The molecule has 94 valence electrons. The number of rotatable bonds is 0. The van der Waals surface area contributed by atoms with Gasteiger partial charge in [-0.2, -0.15) is 13.2 Å². The zero-order valence-electron chi connectivity index (χ0n) is 9.99. The Hall–Kier alpha value is -0.740. The van der Waals surface area contributed by atoms with Gasteiger partial charge in [0, 0.05) is 18.5 Å². The highest BCUT2D eigenvalue weighted by molar-refractivity contribution is 5.84. The first kappa shape index (κ1) is 13.3. The van der Waals surface area contributed by atoms with Crippen molar-refractivity contribution in [2.24, 2.45) is 11.3 Å². The molecule has 16 heavy (non-hydrogen) atoms. The van der Waals surface area contributed by atoms with Gasteiger partial charge < -0.3 is 4.90 Å². The summed E-state index contributed by atoms with van der Waals surface area (Å²) < 4.78 is 37.3. The summed E-state index contributed by atoms with van der Waals surface area (Å²) in [6.07, 6.45) is -3.85. The number of likely N-dealkylation sites (tertiary alicyclic amines) is 1. The Labute approximate surface area is 94.3 Å². The van der Waals surface area contributed by atoms with Crippen molar-refractivity contribution in [2.75, 3.05) is 13.1 Å². The van der Waals surface area contributed by atoms with Crippen LogP contribution in [-0.4, -0.2) is 30.0 Å². The molecule has 1 heterocycles. The zero-order chi connectivity index (χ0) is 12.6. The van der Waals surface area contributed by atoms with Crippen molar-refractivity contribution < 1.29 is 13.2 Å². The highest BCUT2D eigenvalue weighted by Crippen LogP contribution is 2.35. The van der Waals surface area contributed by atoms with Crippen LogP contribution in [0.3, 0.4) is 0 Å². The van der Waals surface area contributed by atoms with E-state index in [1.54, 1.807) is 4.90 Å². The Morgan fingerprint density at radius 3 is 1.88 bits per heavy atom. The van der Waals surface area contributed by atoms with Gasteiger partial charge in [0.15, 0.2) is 0 Å². The summed E-state index contributed by atoms with van der Waals surface area (Å²) in [4.78, 5) is 1.77. The molecule has 0 aliphatic carbocycles. The van der Waals surface area contributed by atoms with Crippen molar-refractivity contribution in [3.05, 3.63) is 0 Å². The fraction of sp³-hybridized carbons (Fsp3) is 0.909. The molecule has 5 heteroatoms. The highest BCUT2D eigenvalue weighted by Gasteiger charge is 2.41. The zero-order valence-corrected chi connectivity index (χ0v) is 9.99. The molecular weight excluding hydrogens is 217 g/mol. The number of amidine groups is 1. The highest BCUT2D eigenvalue weighted by atomic mass is 19.4. The van der Waals surface area contributed by atoms with E-state index in [2.05, 4.69) is 0 Å². The summed E-state index contributed by atoms with van der Waals surface area (Å²) >= 11 is 0. The van der Waals surface area contributed by atoms with Crippen LogP contribution in [0.4, 0.5) is 13.2 Å². The van der Waals surface area contributed by atoms with Crippen LogP contribution >= 0.6 is 0 Å². The molecule has 0 bridgehead atoms. The van der Waals surface area contributed by atoms with E-state index in [0.29, 0.717) is 18.9 Å². The lowest BCUT2D eigenvalue weighted by Crippen LogP contribution is -2.45. The fourth-order valence-corrected chi connectivity index (χ4v) is 1.90. The predicted molar refractivity (Wildman–Crippen MR) is 57.5 cm³/mol. The Morgan fingerprint density at radius 1 is 1.12 bits per heavy atom. The van der Waals surface area contributed by atoms with Gasteiger partial charge in [0.05, 0.1) is 5.92 Å². The second kappa shape index (κ2) is 4.26. The molecule has 2 nitrogen and oxygen atoms in total. The molecular formula is C11H19F3N2. The number of hydrogen-bond donors (Lipinski definition) is 1. The topological polar surface area (TPSA) is 27.1 Å². The molecule has 0 spiro atoms. The number of alkyl halides is 3. The summed E-state index contributed by atoms with van der Waals surface area (Å²) in [6.45, 7) is 6.42. The van der Waals surface area contributed by atoms with Gasteiger partial charge in [0.2, 0.25) is 0 Å². The third-order valence-corrected chi connectivity index (χ3v) is 2.98. The van der Waals surface area contributed by atoms with Crippen molar-refractivity contribution in [3.8, 4) is 0 Å². The first-order chi connectivity index (χ1) is 7.12. The normalized spacial score (nSPS) is 20.0. The molecule has 0 saturated carbocycles. The average Bonchev–Trinajstić information content (AvgIpc) is 2.14. The lowest BCUT2D eigenvalue weighted by molar-refractivity contribution is -0.183. The maximum atomic E-state index is 12.4. The Morgan fingerprint density at radius 2 is 1.56 bits per heavy atom. The van der Waals surface area contributed by atoms with Crippen molar-refractivity contribution in [1.29, 1.82) is 5.41 Å². The molecule has 0 unspecified atom stereocenters.